The molecular formula is C18H19NO3. The number of carbonyl (C=O) groups is 2. The number of nitrogens with one attached hydrogen (secondary N) is 1. The molecule has 1 N–H and O–H groups in total. The largest absolute Gasteiger partial charge is 0.450 e. The average Bonchev–Trinajstić information content (AvgIpc) is 2.55. The maximum Gasteiger partial charge on any atom is 0.413 e. The molecule has 0 aliphatic carbocycles. The molecule has 0 aromatic heterocycles. The van der Waals surface area contributed by atoms with Crippen molar-refractivity contribution < 1.29 is 14.3 Å². The van der Waals surface area contributed by atoms with Crippen LogP contribution in [0.2, 0.25) is 0 Å². The van der Waals surface area contributed by atoms with E-state index < -0.39 is 17.4 Å². The lowest BCUT2D eigenvalue weighted by atomic mass is 9.75. The third kappa shape index (κ3) is 3.17. The van der Waals surface area contributed by atoms with Gasteiger partial charge < -0.3 is 4.74 Å². The summed E-state index contributed by atoms with van der Waals surface area (Å²) in [5.41, 5.74) is 0.640. The van der Waals surface area contributed by atoms with Crippen molar-refractivity contribution in [1.82, 2.24) is 5.32 Å². The fourth-order valence-corrected chi connectivity index (χ4v) is 2.36. The predicted molar refractivity (Wildman–Crippen MR) is 84.5 cm³/mol. The number of alkyl carbamates (subject to hydrolysis) is 1. The molecule has 0 saturated heterocycles. The minimum absolute atomic E-state index is 0.215. The fourth-order valence-electron chi connectivity index (χ4n) is 2.36. The Kier molecular flexibility index (Phi) is 4.94. The van der Waals surface area contributed by atoms with Gasteiger partial charge in [-0.15, -0.1) is 0 Å². The Morgan fingerprint density at radius 3 is 1.82 bits per heavy atom. The SMILES string of the molecule is CCOC(=O)NC(=O)C(C)(c1ccccc1)c1ccccc1. The van der Waals surface area contributed by atoms with Gasteiger partial charge in [0, 0.05) is 0 Å². The van der Waals surface area contributed by atoms with E-state index in [9.17, 15) is 9.59 Å². The van der Waals surface area contributed by atoms with E-state index in [0.29, 0.717) is 0 Å². The number of imide groups is 1. The third-order valence-electron chi connectivity index (χ3n) is 3.65. The topological polar surface area (TPSA) is 55.4 Å². The molecule has 0 aliphatic rings. The molecule has 0 aliphatic heterocycles. The fraction of sp³-hybridized carbons (Fsp3) is 0.222. The molecule has 0 radical (unpaired) electrons. The van der Waals surface area contributed by atoms with Gasteiger partial charge in [-0.2, -0.15) is 0 Å². The van der Waals surface area contributed by atoms with Crippen molar-refractivity contribution in [3.8, 4) is 0 Å². The van der Waals surface area contributed by atoms with E-state index in [0.717, 1.165) is 11.1 Å². The van der Waals surface area contributed by atoms with E-state index in [4.69, 9.17) is 4.74 Å². The summed E-state index contributed by atoms with van der Waals surface area (Å²) in [4.78, 5) is 24.3. The quantitative estimate of drug-likeness (QED) is 0.942. The van der Waals surface area contributed by atoms with Crippen LogP contribution in [0.25, 0.3) is 0 Å². The molecule has 0 unspecified atom stereocenters. The zero-order valence-corrected chi connectivity index (χ0v) is 12.7. The first kappa shape index (κ1) is 15.8. The second kappa shape index (κ2) is 6.89. The number of hydrogen-bond donors (Lipinski definition) is 1. The summed E-state index contributed by atoms with van der Waals surface area (Å²) in [6.45, 7) is 3.70. The number of carbonyl (C=O) groups excluding carboxylic acids is 2. The molecule has 2 aromatic carbocycles. The molecule has 0 bridgehead atoms. The molecule has 0 atom stereocenters. The number of rotatable bonds is 4. The Hall–Kier alpha value is -2.62. The first-order valence-electron chi connectivity index (χ1n) is 7.18. The van der Waals surface area contributed by atoms with E-state index in [2.05, 4.69) is 5.32 Å². The van der Waals surface area contributed by atoms with Crippen molar-refractivity contribution >= 4 is 12.0 Å². The first-order valence-corrected chi connectivity index (χ1v) is 7.18. The van der Waals surface area contributed by atoms with Crippen LogP contribution in [-0.4, -0.2) is 18.6 Å². The highest BCUT2D eigenvalue weighted by molar-refractivity contribution is 6.00. The van der Waals surface area contributed by atoms with Crippen molar-refractivity contribution in [1.29, 1.82) is 0 Å². The molecule has 0 heterocycles. The molecule has 4 nitrogen and oxygen atoms in total. The van der Waals surface area contributed by atoms with E-state index in [-0.39, 0.29) is 6.61 Å². The Bertz CT molecular complexity index is 598. The molecule has 2 amide bonds. The molecule has 0 saturated carbocycles. The van der Waals surface area contributed by atoms with Crippen LogP contribution in [0.5, 0.6) is 0 Å². The normalized spacial score (nSPS) is 10.8. The molecule has 4 heteroatoms. The predicted octanol–water partition coefficient (Wildman–Crippen LogP) is 3.27. The van der Waals surface area contributed by atoms with Crippen LogP contribution in [0.15, 0.2) is 60.7 Å². The van der Waals surface area contributed by atoms with Crippen molar-refractivity contribution in [2.45, 2.75) is 19.3 Å². The molecular weight excluding hydrogens is 278 g/mol. The Balaban J connectivity index is 2.43. The number of benzene rings is 2. The van der Waals surface area contributed by atoms with E-state index in [1.54, 1.807) is 13.8 Å². The lowest BCUT2D eigenvalue weighted by molar-refractivity contribution is -0.124. The van der Waals surface area contributed by atoms with Crippen molar-refractivity contribution in [3.05, 3.63) is 71.8 Å². The Morgan fingerprint density at radius 2 is 1.41 bits per heavy atom. The van der Waals surface area contributed by atoms with Crippen LogP contribution >= 0.6 is 0 Å². The summed E-state index contributed by atoms with van der Waals surface area (Å²) >= 11 is 0. The van der Waals surface area contributed by atoms with Gasteiger partial charge in [-0.1, -0.05) is 60.7 Å². The minimum Gasteiger partial charge on any atom is -0.450 e. The van der Waals surface area contributed by atoms with Crippen molar-refractivity contribution in [2.75, 3.05) is 6.61 Å². The summed E-state index contributed by atoms with van der Waals surface area (Å²) in [6.07, 6.45) is -0.731. The van der Waals surface area contributed by atoms with Crippen LogP contribution in [0.3, 0.4) is 0 Å². The maximum absolute atomic E-state index is 12.7. The number of amides is 2. The van der Waals surface area contributed by atoms with E-state index >= 15 is 0 Å². The summed E-state index contributed by atoms with van der Waals surface area (Å²) in [6, 6.07) is 18.7. The summed E-state index contributed by atoms with van der Waals surface area (Å²) in [7, 11) is 0. The molecule has 114 valence electrons. The zero-order valence-electron chi connectivity index (χ0n) is 12.7. The third-order valence-corrected chi connectivity index (χ3v) is 3.65. The van der Waals surface area contributed by atoms with Gasteiger partial charge in [-0.3, -0.25) is 10.1 Å². The van der Waals surface area contributed by atoms with Gasteiger partial charge in [0.1, 0.15) is 0 Å². The van der Waals surface area contributed by atoms with Gasteiger partial charge in [-0.25, -0.2) is 4.79 Å². The van der Waals surface area contributed by atoms with Crippen LogP contribution in [0.4, 0.5) is 4.79 Å². The molecule has 2 rings (SSSR count). The second-order valence-electron chi connectivity index (χ2n) is 5.03. The molecule has 0 fully saturated rings. The Morgan fingerprint density at radius 1 is 0.955 bits per heavy atom. The van der Waals surface area contributed by atoms with Gasteiger partial charge in [-0.05, 0) is 25.0 Å². The van der Waals surface area contributed by atoms with Gasteiger partial charge in [0.05, 0.1) is 12.0 Å². The summed E-state index contributed by atoms with van der Waals surface area (Å²) in [5, 5.41) is 2.32. The minimum atomic E-state index is -0.977. The van der Waals surface area contributed by atoms with Crippen molar-refractivity contribution in [2.24, 2.45) is 0 Å². The van der Waals surface area contributed by atoms with Crippen LogP contribution in [0, 0.1) is 0 Å². The van der Waals surface area contributed by atoms with Gasteiger partial charge >= 0.3 is 6.09 Å². The average molecular weight is 297 g/mol. The highest BCUT2D eigenvalue weighted by Gasteiger charge is 2.38. The van der Waals surface area contributed by atoms with Gasteiger partial charge in [0.25, 0.3) is 0 Å². The zero-order chi connectivity index (χ0) is 16.0. The monoisotopic (exact) mass is 297 g/mol. The van der Waals surface area contributed by atoms with Crippen LogP contribution < -0.4 is 5.32 Å². The first-order chi connectivity index (χ1) is 10.6. The molecule has 2 aromatic rings. The Labute approximate surface area is 130 Å². The van der Waals surface area contributed by atoms with Crippen LogP contribution in [-0.2, 0) is 14.9 Å². The highest BCUT2D eigenvalue weighted by atomic mass is 16.5. The highest BCUT2D eigenvalue weighted by Crippen LogP contribution is 2.32. The van der Waals surface area contributed by atoms with E-state index in [1.165, 1.54) is 0 Å². The number of ether oxygens (including phenoxy) is 1. The maximum atomic E-state index is 12.7. The summed E-state index contributed by atoms with van der Waals surface area (Å²) < 4.78 is 4.81. The molecule has 0 spiro atoms. The summed E-state index contributed by atoms with van der Waals surface area (Å²) in [5.74, 6) is -0.414. The standard InChI is InChI=1S/C18H19NO3/c1-3-22-17(21)19-16(20)18(2,14-10-6-4-7-11-14)15-12-8-5-9-13-15/h4-13H,3H2,1-2H3,(H,19,20,21). The lowest BCUT2D eigenvalue weighted by Gasteiger charge is -2.29. The van der Waals surface area contributed by atoms with Gasteiger partial charge in [0.15, 0.2) is 0 Å². The van der Waals surface area contributed by atoms with Gasteiger partial charge in [0.2, 0.25) is 5.91 Å². The number of hydrogen-bond acceptors (Lipinski definition) is 3. The smallest absolute Gasteiger partial charge is 0.413 e. The van der Waals surface area contributed by atoms with Crippen molar-refractivity contribution in [3.63, 3.8) is 0 Å². The molecule has 22 heavy (non-hydrogen) atoms. The van der Waals surface area contributed by atoms with Crippen LogP contribution in [0.1, 0.15) is 25.0 Å². The second-order valence-corrected chi connectivity index (χ2v) is 5.03. The lowest BCUT2D eigenvalue weighted by Crippen LogP contribution is -2.45. The van der Waals surface area contributed by atoms with E-state index in [1.807, 2.05) is 60.7 Å².